The maximum atomic E-state index is 12.2. The summed E-state index contributed by atoms with van der Waals surface area (Å²) in [6.45, 7) is 3.19. The Kier molecular flexibility index (Phi) is 4.99. The lowest BCUT2D eigenvalue weighted by molar-refractivity contribution is -0.111. The van der Waals surface area contributed by atoms with E-state index >= 15 is 0 Å². The molecule has 0 spiro atoms. The first-order valence-corrected chi connectivity index (χ1v) is 8.24. The van der Waals surface area contributed by atoms with E-state index in [1.807, 2.05) is 0 Å². The zero-order chi connectivity index (χ0) is 17.2. The van der Waals surface area contributed by atoms with E-state index in [1.165, 1.54) is 0 Å². The molecule has 0 fully saturated rings. The summed E-state index contributed by atoms with van der Waals surface area (Å²) < 4.78 is 81.8. The zero-order valence-electron chi connectivity index (χ0n) is 10.6. The maximum Gasteiger partial charge on any atom is 0.512 e. The van der Waals surface area contributed by atoms with Gasteiger partial charge in [0.25, 0.3) is 10.0 Å². The first kappa shape index (κ1) is 18.1. The molecule has 7 nitrogen and oxygen atoms in total. The number of benzene rings is 1. The summed E-state index contributed by atoms with van der Waals surface area (Å²) in [7, 11) is -11.0. The summed E-state index contributed by atoms with van der Waals surface area (Å²) in [4.78, 5) is 10.3. The average molecular weight is 358 g/mol. The average Bonchev–Trinajstić information content (AvgIpc) is 2.36. The lowest BCUT2D eigenvalue weighted by atomic mass is 10.3. The van der Waals surface area contributed by atoms with E-state index in [1.54, 1.807) is 0 Å². The number of amides is 1. The summed E-state index contributed by atoms with van der Waals surface area (Å²) in [6.07, 6.45) is 0.947. The number of carbonyl (C=O) groups is 1. The molecule has 0 atom stereocenters. The number of hydrogen-bond acceptors (Lipinski definition) is 5. The Morgan fingerprint density at radius 2 is 1.59 bits per heavy atom. The van der Waals surface area contributed by atoms with Crippen LogP contribution < -0.4 is 9.44 Å². The highest BCUT2D eigenvalue weighted by molar-refractivity contribution is 8.05. The molecular weight excluding hydrogens is 349 g/mol. The third-order valence-electron chi connectivity index (χ3n) is 2.14. The van der Waals surface area contributed by atoms with Gasteiger partial charge in [0.1, 0.15) is 0 Å². The molecule has 1 rings (SSSR count). The van der Waals surface area contributed by atoms with Crippen molar-refractivity contribution in [2.24, 2.45) is 0 Å². The van der Waals surface area contributed by atoms with Crippen LogP contribution in [-0.4, -0.2) is 28.3 Å². The molecule has 0 aliphatic heterocycles. The van der Waals surface area contributed by atoms with Gasteiger partial charge < -0.3 is 5.32 Å². The smallest absolute Gasteiger partial charge is 0.323 e. The van der Waals surface area contributed by atoms with Gasteiger partial charge >= 0.3 is 15.5 Å². The normalized spacial score (nSPS) is 12.7. The van der Waals surface area contributed by atoms with Gasteiger partial charge in [0.15, 0.2) is 0 Å². The van der Waals surface area contributed by atoms with Crippen molar-refractivity contribution >= 4 is 31.6 Å². The minimum Gasteiger partial charge on any atom is -0.323 e. The molecule has 0 unspecified atom stereocenters. The molecule has 0 saturated carbocycles. The van der Waals surface area contributed by atoms with E-state index in [0.29, 0.717) is 4.13 Å². The van der Waals surface area contributed by atoms with E-state index in [4.69, 9.17) is 0 Å². The molecule has 1 aromatic carbocycles. The third kappa shape index (κ3) is 4.29. The third-order valence-corrected chi connectivity index (χ3v) is 5.40. The van der Waals surface area contributed by atoms with Crippen LogP contribution in [0.5, 0.6) is 0 Å². The van der Waals surface area contributed by atoms with E-state index in [0.717, 1.165) is 30.3 Å². The number of carbonyl (C=O) groups excluding carboxylic acids is 1. The Balaban J connectivity index is 3.05. The second-order valence-corrected chi connectivity index (χ2v) is 7.37. The molecule has 0 bridgehead atoms. The molecular formula is C10H9F3N2O5S2. The van der Waals surface area contributed by atoms with Crippen LogP contribution in [0.1, 0.15) is 0 Å². The molecule has 0 saturated heterocycles. The monoisotopic (exact) mass is 358 g/mol. The number of alkyl halides is 3. The molecule has 2 N–H and O–H groups in total. The Labute approximate surface area is 123 Å². The molecule has 12 heteroatoms. The summed E-state index contributed by atoms with van der Waals surface area (Å²) in [6, 6.07) is 3.78. The molecule has 0 radical (unpaired) electrons. The van der Waals surface area contributed by atoms with E-state index in [-0.39, 0.29) is 5.69 Å². The van der Waals surface area contributed by atoms with Gasteiger partial charge in [0, 0.05) is 5.69 Å². The molecule has 1 aromatic rings. The summed E-state index contributed by atoms with van der Waals surface area (Å²) in [5, 5.41) is 2.27. The van der Waals surface area contributed by atoms with Crippen molar-refractivity contribution in [1.29, 1.82) is 0 Å². The second-order valence-electron chi connectivity index (χ2n) is 3.75. The van der Waals surface area contributed by atoms with Gasteiger partial charge in [0.05, 0.1) is 4.90 Å². The van der Waals surface area contributed by atoms with E-state index in [9.17, 15) is 34.8 Å². The van der Waals surface area contributed by atoms with Gasteiger partial charge in [-0.2, -0.15) is 13.2 Å². The highest BCUT2D eigenvalue weighted by Crippen LogP contribution is 2.24. The number of halogens is 3. The maximum absolute atomic E-state index is 12.2. The number of anilines is 1. The van der Waals surface area contributed by atoms with Gasteiger partial charge in [-0.05, 0) is 30.3 Å². The van der Waals surface area contributed by atoms with E-state index in [2.05, 4.69) is 11.9 Å². The highest BCUT2D eigenvalue weighted by Gasteiger charge is 2.48. The van der Waals surface area contributed by atoms with Crippen LogP contribution in [0.3, 0.4) is 0 Å². The fourth-order valence-corrected chi connectivity index (χ4v) is 3.56. The first-order valence-electron chi connectivity index (χ1n) is 5.27. The fraction of sp³-hybridized carbons (Fsp3) is 0.100. The summed E-state index contributed by atoms with van der Waals surface area (Å²) in [5.74, 6) is -0.589. The van der Waals surface area contributed by atoms with Crippen LogP contribution >= 0.6 is 0 Å². The first-order chi connectivity index (χ1) is 9.89. The molecule has 122 valence electrons. The number of rotatable bonds is 5. The van der Waals surface area contributed by atoms with Gasteiger partial charge in [-0.25, -0.2) is 16.8 Å². The van der Waals surface area contributed by atoms with Crippen LogP contribution in [0.15, 0.2) is 41.8 Å². The van der Waals surface area contributed by atoms with Gasteiger partial charge in [-0.15, -0.1) is 0 Å². The molecule has 0 aromatic heterocycles. The van der Waals surface area contributed by atoms with E-state index < -0.39 is 36.4 Å². The van der Waals surface area contributed by atoms with Crippen LogP contribution in [-0.2, 0) is 24.8 Å². The standard InChI is InChI=1S/C10H9F3N2O5S2/c1-2-9(16)14-7-3-5-8(6-4-7)21(17,18)15-22(19,20)10(11,12)13/h2-6,15H,1H2,(H,14,16). The molecule has 0 aliphatic rings. The number of hydrogen-bond donors (Lipinski definition) is 2. The topological polar surface area (TPSA) is 109 Å². The Morgan fingerprint density at radius 1 is 1.09 bits per heavy atom. The lowest BCUT2D eigenvalue weighted by Crippen LogP contribution is -2.40. The minimum atomic E-state index is -6.06. The van der Waals surface area contributed by atoms with Crippen molar-refractivity contribution in [2.45, 2.75) is 10.4 Å². The van der Waals surface area contributed by atoms with Crippen LogP contribution in [0, 0.1) is 0 Å². The quantitative estimate of drug-likeness (QED) is 0.762. The molecule has 0 aliphatic carbocycles. The predicted molar refractivity (Wildman–Crippen MR) is 70.6 cm³/mol. The lowest BCUT2D eigenvalue weighted by Gasteiger charge is -2.10. The second kappa shape index (κ2) is 6.06. The van der Waals surface area contributed by atoms with Crippen LogP contribution in [0.25, 0.3) is 0 Å². The van der Waals surface area contributed by atoms with Crippen molar-refractivity contribution in [3.63, 3.8) is 0 Å². The molecule has 1 amide bonds. The summed E-state index contributed by atoms with van der Waals surface area (Å²) >= 11 is 0. The Morgan fingerprint density at radius 3 is 2.00 bits per heavy atom. The number of nitrogens with one attached hydrogen (secondary N) is 2. The van der Waals surface area contributed by atoms with Crippen molar-refractivity contribution < 1.29 is 34.8 Å². The molecule has 0 heterocycles. The van der Waals surface area contributed by atoms with Crippen LogP contribution in [0.4, 0.5) is 18.9 Å². The van der Waals surface area contributed by atoms with Gasteiger partial charge in [-0.1, -0.05) is 10.7 Å². The van der Waals surface area contributed by atoms with Crippen molar-refractivity contribution in [1.82, 2.24) is 4.13 Å². The Bertz CT molecular complexity index is 783. The minimum absolute atomic E-state index is 0.141. The largest absolute Gasteiger partial charge is 0.512 e. The zero-order valence-corrected chi connectivity index (χ0v) is 12.2. The SMILES string of the molecule is C=CC(=O)Nc1ccc(S(=O)(=O)NS(=O)(=O)C(F)(F)F)cc1. The van der Waals surface area contributed by atoms with Crippen molar-refractivity contribution in [3.8, 4) is 0 Å². The predicted octanol–water partition coefficient (Wildman–Crippen LogP) is 0.939. The number of sulfonamides is 2. The van der Waals surface area contributed by atoms with Crippen molar-refractivity contribution in [2.75, 3.05) is 5.32 Å². The highest BCUT2D eigenvalue weighted by atomic mass is 32.3. The molecule has 22 heavy (non-hydrogen) atoms. The van der Waals surface area contributed by atoms with Crippen molar-refractivity contribution in [3.05, 3.63) is 36.9 Å². The van der Waals surface area contributed by atoms with Gasteiger partial charge in [-0.3, -0.25) is 4.79 Å². The Hall–Kier alpha value is -1.92. The summed E-state index contributed by atoms with van der Waals surface area (Å²) in [5.41, 5.74) is -5.62. The fourth-order valence-electron chi connectivity index (χ4n) is 1.15. The van der Waals surface area contributed by atoms with Crippen LogP contribution in [0.2, 0.25) is 0 Å². The van der Waals surface area contributed by atoms with Gasteiger partial charge in [0.2, 0.25) is 5.91 Å².